The zero-order valence-electron chi connectivity index (χ0n) is 5.78. The van der Waals surface area contributed by atoms with E-state index in [9.17, 15) is 0 Å². The van der Waals surface area contributed by atoms with Crippen LogP contribution in [0.4, 0.5) is 0 Å². The molecular formula is C9H6OS. The van der Waals surface area contributed by atoms with Gasteiger partial charge in [0.05, 0.1) is 0 Å². The maximum absolute atomic E-state index is 5.12. The molecule has 0 bridgehead atoms. The number of rotatable bonds is 1. The van der Waals surface area contributed by atoms with Gasteiger partial charge in [-0.25, -0.2) is 0 Å². The van der Waals surface area contributed by atoms with Crippen molar-refractivity contribution in [2.24, 2.45) is 0 Å². The molecule has 0 saturated heterocycles. The summed E-state index contributed by atoms with van der Waals surface area (Å²) in [5.74, 6) is 0.871. The molecule has 2 rings (SSSR count). The van der Waals surface area contributed by atoms with Crippen molar-refractivity contribution in [3.05, 3.63) is 42.0 Å². The highest BCUT2D eigenvalue weighted by Gasteiger charge is 2.14. The van der Waals surface area contributed by atoms with Crippen molar-refractivity contribution in [3.63, 3.8) is 0 Å². The molecule has 1 aliphatic rings. The van der Waals surface area contributed by atoms with Gasteiger partial charge in [0.2, 0.25) is 0 Å². The van der Waals surface area contributed by atoms with Gasteiger partial charge >= 0.3 is 0 Å². The minimum Gasteiger partial charge on any atom is -0.445 e. The molecule has 54 valence electrons. The van der Waals surface area contributed by atoms with E-state index in [0.29, 0.717) is 5.05 Å². The average Bonchev–Trinajstić information content (AvgIpc) is 2.01. The summed E-state index contributed by atoms with van der Waals surface area (Å²) in [4.78, 5) is 0. The molecule has 0 unspecified atom stereocenters. The Morgan fingerprint density at radius 3 is 2.27 bits per heavy atom. The Morgan fingerprint density at radius 1 is 1.09 bits per heavy atom. The van der Waals surface area contributed by atoms with E-state index in [0.717, 1.165) is 11.3 Å². The fraction of sp³-hybridized carbons (Fsp3) is 0. The van der Waals surface area contributed by atoms with Crippen molar-refractivity contribution in [3.8, 4) is 0 Å². The van der Waals surface area contributed by atoms with Crippen LogP contribution >= 0.6 is 12.2 Å². The zero-order valence-corrected chi connectivity index (χ0v) is 6.60. The summed E-state index contributed by atoms with van der Waals surface area (Å²) in [6.07, 6.45) is 1.85. The summed E-state index contributed by atoms with van der Waals surface area (Å²) in [5.41, 5.74) is 1.08. The molecule has 1 aliphatic heterocycles. The van der Waals surface area contributed by atoms with E-state index in [1.54, 1.807) is 0 Å². The van der Waals surface area contributed by atoms with E-state index in [4.69, 9.17) is 17.0 Å². The molecule has 0 aromatic heterocycles. The summed E-state index contributed by atoms with van der Waals surface area (Å²) in [6, 6.07) is 9.91. The van der Waals surface area contributed by atoms with Crippen LogP contribution in [0.15, 0.2) is 36.4 Å². The predicted molar refractivity (Wildman–Crippen MR) is 48.1 cm³/mol. The highest BCUT2D eigenvalue weighted by molar-refractivity contribution is 7.80. The quantitative estimate of drug-likeness (QED) is 0.586. The van der Waals surface area contributed by atoms with Crippen LogP contribution in [-0.2, 0) is 4.74 Å². The molecule has 11 heavy (non-hydrogen) atoms. The molecular weight excluding hydrogens is 156 g/mol. The van der Waals surface area contributed by atoms with Crippen LogP contribution in [0.3, 0.4) is 0 Å². The van der Waals surface area contributed by atoms with Crippen molar-refractivity contribution in [2.75, 3.05) is 0 Å². The van der Waals surface area contributed by atoms with Gasteiger partial charge in [0.15, 0.2) is 5.05 Å². The Hall–Kier alpha value is -1.15. The lowest BCUT2D eigenvalue weighted by atomic mass is 10.1. The Labute approximate surface area is 70.3 Å². The van der Waals surface area contributed by atoms with Crippen LogP contribution in [0.25, 0.3) is 5.76 Å². The lowest BCUT2D eigenvalue weighted by molar-refractivity contribution is 0.496. The van der Waals surface area contributed by atoms with Crippen LogP contribution in [0.1, 0.15) is 5.56 Å². The zero-order chi connectivity index (χ0) is 7.68. The van der Waals surface area contributed by atoms with Crippen LogP contribution in [0.2, 0.25) is 0 Å². The van der Waals surface area contributed by atoms with Crippen molar-refractivity contribution >= 4 is 23.0 Å². The fourth-order valence-corrected chi connectivity index (χ4v) is 1.16. The van der Waals surface area contributed by atoms with E-state index >= 15 is 0 Å². The summed E-state index contributed by atoms with van der Waals surface area (Å²) in [5, 5.41) is 0.573. The van der Waals surface area contributed by atoms with E-state index in [1.165, 1.54) is 0 Å². The lowest BCUT2D eigenvalue weighted by Crippen LogP contribution is -2.08. The van der Waals surface area contributed by atoms with Crippen LogP contribution in [-0.4, -0.2) is 5.05 Å². The molecule has 0 saturated carbocycles. The van der Waals surface area contributed by atoms with Crippen molar-refractivity contribution in [1.82, 2.24) is 0 Å². The molecule has 1 nitrogen and oxygen atoms in total. The van der Waals surface area contributed by atoms with Gasteiger partial charge in [-0.15, -0.1) is 0 Å². The molecule has 0 atom stereocenters. The molecule has 2 heteroatoms. The van der Waals surface area contributed by atoms with Crippen LogP contribution in [0.5, 0.6) is 0 Å². The molecule has 0 radical (unpaired) electrons. The molecule has 1 heterocycles. The van der Waals surface area contributed by atoms with Gasteiger partial charge < -0.3 is 4.74 Å². The second kappa shape index (κ2) is 2.47. The first-order valence-electron chi connectivity index (χ1n) is 3.35. The number of hydrogen-bond acceptors (Lipinski definition) is 2. The third-order valence-electron chi connectivity index (χ3n) is 1.52. The Balaban J connectivity index is 2.33. The fourth-order valence-electron chi connectivity index (χ4n) is 0.961. The van der Waals surface area contributed by atoms with E-state index in [2.05, 4.69) is 0 Å². The van der Waals surface area contributed by atoms with Crippen LogP contribution < -0.4 is 0 Å². The Morgan fingerprint density at radius 2 is 1.73 bits per heavy atom. The van der Waals surface area contributed by atoms with Gasteiger partial charge in [0.25, 0.3) is 0 Å². The number of hydrogen-bond donors (Lipinski definition) is 0. The predicted octanol–water partition coefficient (Wildman–Crippen LogP) is 2.39. The van der Waals surface area contributed by atoms with E-state index in [1.807, 2.05) is 36.4 Å². The van der Waals surface area contributed by atoms with Gasteiger partial charge in [-0.2, -0.15) is 0 Å². The summed E-state index contributed by atoms with van der Waals surface area (Å²) in [6.45, 7) is 0. The number of ether oxygens (including phenoxy) is 1. The molecule has 1 aromatic carbocycles. The minimum atomic E-state index is 0.573. The maximum atomic E-state index is 5.12. The van der Waals surface area contributed by atoms with Crippen molar-refractivity contribution < 1.29 is 4.74 Å². The third-order valence-corrected chi connectivity index (χ3v) is 1.72. The summed E-state index contributed by atoms with van der Waals surface area (Å²) in [7, 11) is 0. The molecule has 0 aliphatic carbocycles. The normalized spacial score (nSPS) is 14.9. The summed E-state index contributed by atoms with van der Waals surface area (Å²) < 4.78 is 5.12. The van der Waals surface area contributed by atoms with Crippen molar-refractivity contribution in [1.29, 1.82) is 0 Å². The minimum absolute atomic E-state index is 0.573. The Kier molecular flexibility index (Phi) is 1.47. The maximum Gasteiger partial charge on any atom is 0.194 e. The largest absolute Gasteiger partial charge is 0.445 e. The average molecular weight is 162 g/mol. The van der Waals surface area contributed by atoms with Gasteiger partial charge in [-0.3, -0.25) is 0 Å². The monoisotopic (exact) mass is 162 g/mol. The van der Waals surface area contributed by atoms with Gasteiger partial charge in [-0.05, 0) is 12.2 Å². The molecule has 0 N–H and O–H groups in total. The Bertz CT molecular complexity index is 314. The van der Waals surface area contributed by atoms with Gasteiger partial charge in [-0.1, -0.05) is 30.3 Å². The first kappa shape index (κ1) is 6.55. The first-order chi connectivity index (χ1) is 5.36. The summed E-state index contributed by atoms with van der Waals surface area (Å²) >= 11 is 4.76. The molecule has 0 amide bonds. The smallest absolute Gasteiger partial charge is 0.194 e. The highest BCUT2D eigenvalue weighted by Crippen LogP contribution is 2.23. The molecule has 1 aromatic rings. The standard InChI is InChI=1S/C9H6OS/c11-9-6-8(10-9)7-4-2-1-3-5-7/h1-6H. The van der Waals surface area contributed by atoms with Crippen LogP contribution in [0, 0.1) is 0 Å². The van der Waals surface area contributed by atoms with E-state index in [-0.39, 0.29) is 0 Å². The van der Waals surface area contributed by atoms with E-state index < -0.39 is 0 Å². The number of benzene rings is 1. The molecule has 0 fully saturated rings. The van der Waals surface area contributed by atoms with Crippen molar-refractivity contribution in [2.45, 2.75) is 0 Å². The first-order valence-corrected chi connectivity index (χ1v) is 3.76. The third kappa shape index (κ3) is 1.17. The highest BCUT2D eigenvalue weighted by atomic mass is 32.1. The molecule has 0 spiro atoms. The van der Waals surface area contributed by atoms with Gasteiger partial charge in [0, 0.05) is 11.6 Å². The second-order valence-corrected chi connectivity index (χ2v) is 2.70. The lowest BCUT2D eigenvalue weighted by Gasteiger charge is -2.16. The number of thiocarbonyl (C=S) groups is 1. The topological polar surface area (TPSA) is 9.23 Å². The second-order valence-electron chi connectivity index (χ2n) is 2.30. The SMILES string of the molecule is S=C1C=C(c2ccccc2)O1. The van der Waals surface area contributed by atoms with Gasteiger partial charge in [0.1, 0.15) is 5.76 Å².